The van der Waals surface area contributed by atoms with Crippen LogP contribution in [0.3, 0.4) is 0 Å². The van der Waals surface area contributed by atoms with Crippen molar-refractivity contribution < 1.29 is 76.1 Å². The molecule has 0 bridgehead atoms. The molecule has 2 fully saturated rings. The third-order valence-corrected chi connectivity index (χ3v) is 5.48. The molecule has 2 aliphatic heterocycles. The number of ether oxygens (including phenoxy) is 10. The van der Waals surface area contributed by atoms with Crippen molar-refractivity contribution >= 4 is 35.8 Å². The van der Waals surface area contributed by atoms with Crippen LogP contribution in [-0.4, -0.2) is 111 Å². The first-order valence-electron chi connectivity index (χ1n) is 12.2. The van der Waals surface area contributed by atoms with Crippen LogP contribution in [0, 0.1) is 0 Å². The van der Waals surface area contributed by atoms with Gasteiger partial charge >= 0.3 is 35.8 Å². The monoisotopic (exact) mass is 578 g/mol. The van der Waals surface area contributed by atoms with Crippen molar-refractivity contribution in [3.63, 3.8) is 0 Å². The molecule has 0 aromatic rings. The maximum Gasteiger partial charge on any atom is 0.303 e. The maximum absolute atomic E-state index is 12.1. The van der Waals surface area contributed by atoms with Crippen molar-refractivity contribution in [2.75, 3.05) is 20.3 Å². The lowest BCUT2D eigenvalue weighted by Gasteiger charge is -2.46. The van der Waals surface area contributed by atoms with Crippen LogP contribution in [-0.2, 0) is 76.1 Å². The molecule has 0 aromatic carbocycles. The van der Waals surface area contributed by atoms with Gasteiger partial charge in [0.2, 0.25) is 0 Å². The zero-order valence-electron chi connectivity index (χ0n) is 23.1. The molecule has 9 atom stereocenters. The minimum Gasteiger partial charge on any atom is -0.463 e. The summed E-state index contributed by atoms with van der Waals surface area (Å²) < 4.78 is 54.5. The van der Waals surface area contributed by atoms with Crippen molar-refractivity contribution in [3.8, 4) is 0 Å². The number of hydrogen-bond donors (Lipinski definition) is 0. The van der Waals surface area contributed by atoms with Gasteiger partial charge in [-0.25, -0.2) is 0 Å². The van der Waals surface area contributed by atoms with Crippen molar-refractivity contribution in [3.05, 3.63) is 0 Å². The highest BCUT2D eigenvalue weighted by atomic mass is 16.8. The number of esters is 6. The third kappa shape index (κ3) is 9.39. The minimum absolute atomic E-state index is 0.291. The Morgan fingerprint density at radius 2 is 1.05 bits per heavy atom. The summed E-state index contributed by atoms with van der Waals surface area (Å²) in [5, 5.41) is 0. The molecular weight excluding hydrogens is 544 g/mol. The molecule has 0 radical (unpaired) electrons. The van der Waals surface area contributed by atoms with Gasteiger partial charge in [0.15, 0.2) is 43.1 Å². The van der Waals surface area contributed by atoms with Crippen LogP contribution in [0.5, 0.6) is 0 Å². The summed E-state index contributed by atoms with van der Waals surface area (Å²) in [5.41, 5.74) is 0. The third-order valence-electron chi connectivity index (χ3n) is 5.48. The SMILES string of the molecule is CO[C@@H]1OC[C@@H](O[C@@H]2O[C@H](COC(C)=O)[C@H](OC(C)=O)[C@H](OC(C)=O)[C@H]2OC(C)=O)[C@H](OC(C)=O)[C@H]1OC(C)=O. The van der Waals surface area contributed by atoms with E-state index in [0.717, 1.165) is 41.5 Å². The molecule has 0 aliphatic carbocycles. The van der Waals surface area contributed by atoms with Gasteiger partial charge in [-0.15, -0.1) is 0 Å². The Morgan fingerprint density at radius 3 is 1.52 bits per heavy atom. The molecule has 0 unspecified atom stereocenters. The highest BCUT2D eigenvalue weighted by Gasteiger charge is 2.55. The molecule has 226 valence electrons. The summed E-state index contributed by atoms with van der Waals surface area (Å²) in [4.78, 5) is 71.2. The highest BCUT2D eigenvalue weighted by Crippen LogP contribution is 2.33. The van der Waals surface area contributed by atoms with Gasteiger partial charge in [0.05, 0.1) is 6.61 Å². The van der Waals surface area contributed by atoms with E-state index in [1.165, 1.54) is 7.11 Å². The molecule has 2 heterocycles. The molecule has 0 aromatic heterocycles. The second kappa shape index (κ2) is 14.9. The van der Waals surface area contributed by atoms with Crippen molar-refractivity contribution in [2.24, 2.45) is 0 Å². The van der Waals surface area contributed by atoms with E-state index >= 15 is 0 Å². The number of carbonyl (C=O) groups is 6. The molecule has 2 rings (SSSR count). The Balaban J connectivity index is 2.52. The summed E-state index contributed by atoms with van der Waals surface area (Å²) >= 11 is 0. The van der Waals surface area contributed by atoms with Gasteiger partial charge in [-0.2, -0.15) is 0 Å². The molecule has 16 nitrogen and oxygen atoms in total. The lowest BCUT2D eigenvalue weighted by Crippen LogP contribution is -2.65. The Bertz CT molecular complexity index is 949. The van der Waals surface area contributed by atoms with Gasteiger partial charge in [0, 0.05) is 48.7 Å². The maximum atomic E-state index is 12.1. The van der Waals surface area contributed by atoms with Crippen LogP contribution in [0.1, 0.15) is 41.5 Å². The Morgan fingerprint density at radius 1 is 0.600 bits per heavy atom. The summed E-state index contributed by atoms with van der Waals surface area (Å²) in [6, 6.07) is 0. The van der Waals surface area contributed by atoms with Gasteiger partial charge in [-0.05, 0) is 0 Å². The summed E-state index contributed by atoms with van der Waals surface area (Å²) in [6.07, 6.45) is -12.2. The molecule has 0 spiro atoms. The topological polar surface area (TPSA) is 195 Å². The lowest BCUT2D eigenvalue weighted by atomic mass is 9.97. The fourth-order valence-corrected chi connectivity index (χ4v) is 4.18. The Labute approximate surface area is 229 Å². The second-order valence-corrected chi connectivity index (χ2v) is 8.83. The molecule has 16 heteroatoms. The van der Waals surface area contributed by atoms with Gasteiger partial charge < -0.3 is 47.4 Å². The van der Waals surface area contributed by atoms with E-state index in [2.05, 4.69) is 0 Å². The Kier molecular flexibility index (Phi) is 12.2. The van der Waals surface area contributed by atoms with Crippen molar-refractivity contribution in [1.29, 1.82) is 0 Å². The summed E-state index contributed by atoms with van der Waals surface area (Å²) in [6.45, 7) is 5.83. The fourth-order valence-electron chi connectivity index (χ4n) is 4.18. The fraction of sp³-hybridized carbons (Fsp3) is 0.750. The average molecular weight is 579 g/mol. The number of methoxy groups -OCH3 is 1. The minimum atomic E-state index is -1.59. The first kappa shape index (κ1) is 32.9. The molecule has 2 saturated heterocycles. The van der Waals surface area contributed by atoms with E-state index in [-0.39, 0.29) is 6.61 Å². The van der Waals surface area contributed by atoms with Gasteiger partial charge in [-0.3, -0.25) is 28.8 Å². The van der Waals surface area contributed by atoms with E-state index in [0.29, 0.717) is 0 Å². The molecule has 2 aliphatic rings. The first-order chi connectivity index (χ1) is 18.7. The second-order valence-electron chi connectivity index (χ2n) is 8.83. The molecule has 40 heavy (non-hydrogen) atoms. The van der Waals surface area contributed by atoms with Gasteiger partial charge in [0.1, 0.15) is 18.8 Å². The van der Waals surface area contributed by atoms with E-state index in [9.17, 15) is 28.8 Å². The van der Waals surface area contributed by atoms with Crippen LogP contribution >= 0.6 is 0 Å². The molecule has 0 saturated carbocycles. The zero-order valence-corrected chi connectivity index (χ0v) is 23.1. The molecule has 0 N–H and O–H groups in total. The Hall–Kier alpha value is -3.34. The smallest absolute Gasteiger partial charge is 0.303 e. The number of rotatable bonds is 10. The normalized spacial score (nSPS) is 31.7. The van der Waals surface area contributed by atoms with Gasteiger partial charge in [0.25, 0.3) is 0 Å². The van der Waals surface area contributed by atoms with Crippen LogP contribution in [0.15, 0.2) is 0 Å². The van der Waals surface area contributed by atoms with Crippen molar-refractivity contribution in [2.45, 2.75) is 96.9 Å². The number of carbonyl (C=O) groups excluding carboxylic acids is 6. The quantitative estimate of drug-likeness (QED) is 0.233. The average Bonchev–Trinajstić information content (AvgIpc) is 2.82. The van der Waals surface area contributed by atoms with Gasteiger partial charge in [-0.1, -0.05) is 0 Å². The first-order valence-corrected chi connectivity index (χ1v) is 12.2. The van der Waals surface area contributed by atoms with Crippen LogP contribution in [0.4, 0.5) is 0 Å². The van der Waals surface area contributed by atoms with E-state index in [1.807, 2.05) is 0 Å². The van der Waals surface area contributed by atoms with E-state index in [1.54, 1.807) is 0 Å². The van der Waals surface area contributed by atoms with Crippen molar-refractivity contribution in [1.82, 2.24) is 0 Å². The summed E-state index contributed by atoms with van der Waals surface area (Å²) in [7, 11) is 1.28. The zero-order chi connectivity index (χ0) is 30.1. The molecular formula is C24H34O16. The van der Waals surface area contributed by atoms with Crippen LogP contribution in [0.25, 0.3) is 0 Å². The van der Waals surface area contributed by atoms with Crippen LogP contribution in [0.2, 0.25) is 0 Å². The largest absolute Gasteiger partial charge is 0.463 e. The standard InChI is InChI=1S/C24H34O16/c1-10(25)32-8-16-18(34-11(2)26)20(36-13(4)28)22(38-15(6)30)24(39-16)40-17-9-33-23(31-7)21(37-14(5)29)19(17)35-12(3)27/h16-24H,8-9H2,1-7H3/t16-,17-,18+,19+,20+,21-,22-,23-,24+/m1/s1. The van der Waals surface area contributed by atoms with E-state index < -0.39 is 97.7 Å². The lowest BCUT2D eigenvalue weighted by molar-refractivity contribution is -0.344. The summed E-state index contributed by atoms with van der Waals surface area (Å²) in [5.74, 6) is -4.66. The van der Waals surface area contributed by atoms with Crippen LogP contribution < -0.4 is 0 Å². The van der Waals surface area contributed by atoms with E-state index in [4.69, 9.17) is 47.4 Å². The number of hydrogen-bond acceptors (Lipinski definition) is 16. The predicted octanol–water partition coefficient (Wildman–Crippen LogP) is -0.679. The predicted molar refractivity (Wildman–Crippen MR) is 125 cm³/mol. The highest BCUT2D eigenvalue weighted by molar-refractivity contribution is 5.69. The molecule has 0 amide bonds.